The highest BCUT2D eigenvalue weighted by atomic mass is 32.1. The van der Waals surface area contributed by atoms with Crippen molar-refractivity contribution < 1.29 is 14.3 Å². The minimum atomic E-state index is -0.248. The van der Waals surface area contributed by atoms with Crippen molar-refractivity contribution in [3.05, 3.63) is 21.4 Å². The molecule has 0 fully saturated rings. The summed E-state index contributed by atoms with van der Waals surface area (Å²) in [5.41, 5.74) is 0.727. The summed E-state index contributed by atoms with van der Waals surface area (Å²) in [6.45, 7) is 4.40. The van der Waals surface area contributed by atoms with Crippen LogP contribution in [0.3, 0.4) is 0 Å². The highest BCUT2D eigenvalue weighted by Crippen LogP contribution is 2.20. The van der Waals surface area contributed by atoms with Crippen molar-refractivity contribution in [3.8, 4) is 0 Å². The quantitative estimate of drug-likeness (QED) is 0.647. The number of esters is 1. The first kappa shape index (κ1) is 13.7. The Morgan fingerprint density at radius 1 is 1.41 bits per heavy atom. The number of rotatable bonds is 5. The number of aryl methyl sites for hydroxylation is 2. The topological polar surface area (TPSA) is 55.4 Å². The van der Waals surface area contributed by atoms with Gasteiger partial charge in [0, 0.05) is 22.7 Å². The lowest BCUT2D eigenvalue weighted by molar-refractivity contribution is -0.140. The fourth-order valence-electron chi connectivity index (χ4n) is 1.49. The average Bonchev–Trinajstić information content (AvgIpc) is 2.63. The summed E-state index contributed by atoms with van der Waals surface area (Å²) in [4.78, 5) is 24.8. The molecule has 1 N–H and O–H groups in total. The molecule has 17 heavy (non-hydrogen) atoms. The first-order chi connectivity index (χ1) is 8.04. The van der Waals surface area contributed by atoms with E-state index in [9.17, 15) is 9.59 Å². The van der Waals surface area contributed by atoms with Gasteiger partial charge in [0.15, 0.2) is 0 Å². The number of carbonyl (C=O) groups excluding carboxylic acids is 2. The largest absolute Gasteiger partial charge is 0.469 e. The van der Waals surface area contributed by atoms with Gasteiger partial charge in [-0.3, -0.25) is 9.59 Å². The Bertz CT molecular complexity index is 412. The Kier molecular flexibility index (Phi) is 5.15. The van der Waals surface area contributed by atoms with Gasteiger partial charge in [0.25, 0.3) is 5.91 Å². The molecule has 1 heterocycles. The van der Waals surface area contributed by atoms with E-state index in [-0.39, 0.29) is 11.9 Å². The van der Waals surface area contributed by atoms with Crippen LogP contribution in [-0.2, 0) is 9.53 Å². The number of hydrogen-bond acceptors (Lipinski definition) is 4. The van der Waals surface area contributed by atoms with E-state index in [0.717, 1.165) is 15.3 Å². The first-order valence-electron chi connectivity index (χ1n) is 5.46. The number of nitrogens with one attached hydrogen (secondary N) is 1. The highest BCUT2D eigenvalue weighted by Gasteiger charge is 2.11. The van der Waals surface area contributed by atoms with Crippen LogP contribution in [0.2, 0.25) is 0 Å². The van der Waals surface area contributed by atoms with E-state index in [2.05, 4.69) is 10.1 Å². The molecule has 0 atom stereocenters. The van der Waals surface area contributed by atoms with Crippen LogP contribution in [0.4, 0.5) is 0 Å². The van der Waals surface area contributed by atoms with Crippen molar-refractivity contribution in [1.29, 1.82) is 0 Å². The van der Waals surface area contributed by atoms with Crippen molar-refractivity contribution >= 4 is 23.2 Å². The second-order valence-corrected chi connectivity index (χ2v) is 5.22. The lowest BCUT2D eigenvalue weighted by Gasteiger charge is -2.04. The van der Waals surface area contributed by atoms with Crippen LogP contribution >= 0.6 is 11.3 Å². The van der Waals surface area contributed by atoms with E-state index in [4.69, 9.17) is 0 Å². The van der Waals surface area contributed by atoms with Crippen molar-refractivity contribution in [1.82, 2.24) is 5.32 Å². The maximum absolute atomic E-state index is 11.8. The molecule has 0 aliphatic heterocycles. The van der Waals surface area contributed by atoms with E-state index in [1.807, 2.05) is 19.9 Å². The van der Waals surface area contributed by atoms with Gasteiger partial charge in [-0.2, -0.15) is 0 Å². The zero-order valence-corrected chi connectivity index (χ0v) is 11.1. The van der Waals surface area contributed by atoms with Crippen LogP contribution in [0.5, 0.6) is 0 Å². The summed E-state index contributed by atoms with van der Waals surface area (Å²) in [5, 5.41) is 2.79. The van der Waals surface area contributed by atoms with Gasteiger partial charge in [-0.05, 0) is 26.3 Å². The summed E-state index contributed by atoms with van der Waals surface area (Å²) in [7, 11) is 1.36. The molecular weight excluding hydrogens is 238 g/mol. The third-order valence-corrected chi connectivity index (χ3v) is 3.32. The fourth-order valence-corrected chi connectivity index (χ4v) is 2.41. The molecule has 1 amide bonds. The molecule has 0 radical (unpaired) electrons. The average molecular weight is 255 g/mol. The van der Waals surface area contributed by atoms with Crippen LogP contribution in [0, 0.1) is 13.8 Å². The maximum Gasteiger partial charge on any atom is 0.305 e. The highest BCUT2D eigenvalue weighted by molar-refractivity contribution is 7.12. The Labute approximate surface area is 105 Å². The minimum Gasteiger partial charge on any atom is -0.469 e. The molecular formula is C12H17NO3S. The molecule has 0 saturated heterocycles. The summed E-state index contributed by atoms with van der Waals surface area (Å²) in [6, 6.07) is 1.88. The number of methoxy groups -OCH3 is 1. The molecule has 0 unspecified atom stereocenters. The van der Waals surface area contributed by atoms with Gasteiger partial charge >= 0.3 is 5.97 Å². The molecule has 0 aromatic carbocycles. The molecule has 4 nitrogen and oxygen atoms in total. The molecule has 0 saturated carbocycles. The Morgan fingerprint density at radius 2 is 2.12 bits per heavy atom. The van der Waals surface area contributed by atoms with E-state index in [1.165, 1.54) is 7.11 Å². The molecule has 94 valence electrons. The van der Waals surface area contributed by atoms with E-state index >= 15 is 0 Å². The first-order valence-corrected chi connectivity index (χ1v) is 6.28. The van der Waals surface area contributed by atoms with E-state index in [0.29, 0.717) is 19.4 Å². The standard InChI is InChI=1S/C12H17NO3S/c1-8-7-10(9(2)17-8)12(15)13-6-4-5-11(14)16-3/h7H,4-6H2,1-3H3,(H,13,15). The number of amides is 1. The number of thiophene rings is 1. The molecule has 1 aromatic heterocycles. The van der Waals surface area contributed by atoms with Gasteiger partial charge in [-0.15, -0.1) is 11.3 Å². The molecule has 0 spiro atoms. The second-order valence-electron chi connectivity index (χ2n) is 3.76. The summed E-state index contributed by atoms with van der Waals surface area (Å²) in [5.74, 6) is -0.321. The Balaban J connectivity index is 2.35. The molecule has 5 heteroatoms. The van der Waals surface area contributed by atoms with Gasteiger partial charge in [-0.25, -0.2) is 0 Å². The monoisotopic (exact) mass is 255 g/mol. The van der Waals surface area contributed by atoms with Crippen molar-refractivity contribution in [2.24, 2.45) is 0 Å². The van der Waals surface area contributed by atoms with Crippen molar-refractivity contribution in [3.63, 3.8) is 0 Å². The van der Waals surface area contributed by atoms with Crippen LogP contribution in [0.1, 0.15) is 33.0 Å². The number of carbonyl (C=O) groups is 2. The van der Waals surface area contributed by atoms with Crippen molar-refractivity contribution in [2.45, 2.75) is 26.7 Å². The zero-order valence-electron chi connectivity index (χ0n) is 10.3. The third kappa shape index (κ3) is 4.19. The number of hydrogen-bond donors (Lipinski definition) is 1. The summed E-state index contributed by atoms with van der Waals surface area (Å²) >= 11 is 1.61. The lowest BCUT2D eigenvalue weighted by Crippen LogP contribution is -2.25. The predicted octanol–water partition coefficient (Wildman–Crippen LogP) is 2.05. The van der Waals surface area contributed by atoms with Crippen LogP contribution in [0.15, 0.2) is 6.07 Å². The summed E-state index contributed by atoms with van der Waals surface area (Å²) in [6.07, 6.45) is 0.930. The van der Waals surface area contributed by atoms with Crippen LogP contribution in [-0.4, -0.2) is 25.5 Å². The van der Waals surface area contributed by atoms with Gasteiger partial charge in [0.2, 0.25) is 0 Å². The molecule has 1 aromatic rings. The molecule has 0 aliphatic rings. The third-order valence-electron chi connectivity index (χ3n) is 2.36. The van der Waals surface area contributed by atoms with Gasteiger partial charge in [0.05, 0.1) is 12.7 Å². The second kappa shape index (κ2) is 6.39. The molecule has 0 aliphatic carbocycles. The minimum absolute atomic E-state index is 0.0725. The van der Waals surface area contributed by atoms with Crippen LogP contribution < -0.4 is 5.32 Å². The van der Waals surface area contributed by atoms with E-state index in [1.54, 1.807) is 11.3 Å². The zero-order chi connectivity index (χ0) is 12.8. The predicted molar refractivity (Wildman–Crippen MR) is 67.4 cm³/mol. The fraction of sp³-hybridized carbons (Fsp3) is 0.500. The Morgan fingerprint density at radius 3 is 2.65 bits per heavy atom. The number of ether oxygens (including phenoxy) is 1. The Hall–Kier alpha value is -1.36. The van der Waals surface area contributed by atoms with Gasteiger partial charge in [0.1, 0.15) is 0 Å². The van der Waals surface area contributed by atoms with Gasteiger partial charge in [-0.1, -0.05) is 0 Å². The maximum atomic E-state index is 11.8. The summed E-state index contributed by atoms with van der Waals surface area (Å²) < 4.78 is 4.51. The van der Waals surface area contributed by atoms with Crippen molar-refractivity contribution in [2.75, 3.05) is 13.7 Å². The molecule has 1 rings (SSSR count). The SMILES string of the molecule is COC(=O)CCCNC(=O)c1cc(C)sc1C. The normalized spacial score (nSPS) is 10.1. The molecule has 0 bridgehead atoms. The lowest BCUT2D eigenvalue weighted by atomic mass is 10.2. The smallest absolute Gasteiger partial charge is 0.305 e. The van der Waals surface area contributed by atoms with Gasteiger partial charge < -0.3 is 10.1 Å². The van der Waals surface area contributed by atoms with Crippen LogP contribution in [0.25, 0.3) is 0 Å². The van der Waals surface area contributed by atoms with E-state index < -0.39 is 0 Å².